The van der Waals surface area contributed by atoms with Crippen molar-refractivity contribution < 1.29 is 24.0 Å². The number of fused-ring (bicyclic) bond motifs is 2. The van der Waals surface area contributed by atoms with E-state index < -0.39 is 6.10 Å². The van der Waals surface area contributed by atoms with Gasteiger partial charge in [0, 0.05) is 36.6 Å². The third-order valence-corrected chi connectivity index (χ3v) is 9.29. The Morgan fingerprint density at radius 3 is 2.35 bits per heavy atom. The molecule has 5 atom stereocenters. The number of imide groups is 1. The number of aliphatic hydroxyl groups excluding tert-OH is 1. The van der Waals surface area contributed by atoms with Crippen LogP contribution in [0.25, 0.3) is 5.57 Å². The molecule has 3 rings (SSSR count). The van der Waals surface area contributed by atoms with Crippen LogP contribution in [0.1, 0.15) is 103 Å². The van der Waals surface area contributed by atoms with E-state index in [9.17, 15) is 14.7 Å². The third kappa shape index (κ3) is 11.0. The third-order valence-electron chi connectivity index (χ3n) is 8.72. The molecule has 8 heteroatoms. The van der Waals surface area contributed by atoms with Gasteiger partial charge in [0.15, 0.2) is 0 Å². The molecular formula is C35H53BBrNO5. The first-order valence-corrected chi connectivity index (χ1v) is 17.9. The number of unbranched alkanes of at least 4 members (excludes halogenated alkanes) is 5. The molecule has 2 fully saturated rings. The maximum atomic E-state index is 12.8. The standard InChI is InChI=1S/C35H53BBrNO5/c1-4-7-23-36-42-31-26-32(43-36)35(30(25-28(39)5-2)27-18-12-10-13-19-27)29(31)20-14-8-9-15-21-33(40)38(6-3)34(41)22-16-11-17-24-37/h10,12-14,18-20,25,28-29,31-32,35,39H,4-9,11,15-17,21-24,26H2,1-3H3/b20-14+,30-25-/t28-,29-,31+,32+,35+/m0/s1. The second-order valence-electron chi connectivity index (χ2n) is 11.9. The lowest BCUT2D eigenvalue weighted by molar-refractivity contribution is -0.144. The lowest BCUT2D eigenvalue weighted by Gasteiger charge is -2.29. The van der Waals surface area contributed by atoms with Gasteiger partial charge >= 0.3 is 7.12 Å². The highest BCUT2D eigenvalue weighted by Crippen LogP contribution is 2.48. The van der Waals surface area contributed by atoms with Gasteiger partial charge in [-0.3, -0.25) is 14.5 Å². The Morgan fingerprint density at radius 1 is 1.00 bits per heavy atom. The Bertz CT molecular complexity index is 1030. The average Bonchev–Trinajstić information content (AvgIpc) is 3.27. The molecule has 1 aliphatic heterocycles. The molecule has 0 spiro atoms. The van der Waals surface area contributed by atoms with Gasteiger partial charge in [-0.15, -0.1) is 0 Å². The van der Waals surface area contributed by atoms with Crippen molar-refractivity contribution >= 4 is 40.4 Å². The lowest BCUT2D eigenvalue weighted by Crippen LogP contribution is -2.37. The van der Waals surface area contributed by atoms with Crippen LogP contribution in [-0.4, -0.2) is 59.1 Å². The molecule has 1 N–H and O–H groups in total. The van der Waals surface area contributed by atoms with Gasteiger partial charge < -0.3 is 14.4 Å². The minimum Gasteiger partial charge on any atom is -0.408 e. The van der Waals surface area contributed by atoms with Crippen molar-refractivity contribution in [2.75, 3.05) is 11.9 Å². The minimum absolute atomic E-state index is 0.0421. The van der Waals surface area contributed by atoms with Crippen LogP contribution in [0.3, 0.4) is 0 Å². The molecule has 0 aromatic heterocycles. The molecule has 1 aliphatic carbocycles. The van der Waals surface area contributed by atoms with Crippen LogP contribution < -0.4 is 0 Å². The average molecular weight is 659 g/mol. The van der Waals surface area contributed by atoms with E-state index >= 15 is 0 Å². The fourth-order valence-corrected chi connectivity index (χ4v) is 6.73. The summed E-state index contributed by atoms with van der Waals surface area (Å²) in [4.78, 5) is 26.7. The van der Waals surface area contributed by atoms with Crippen LogP contribution >= 0.6 is 15.9 Å². The minimum atomic E-state index is -0.515. The Hall–Kier alpha value is -1.74. The van der Waals surface area contributed by atoms with E-state index in [-0.39, 0.29) is 43.0 Å². The van der Waals surface area contributed by atoms with Crippen LogP contribution in [0.2, 0.25) is 6.32 Å². The van der Waals surface area contributed by atoms with Gasteiger partial charge in [0.2, 0.25) is 11.8 Å². The number of aliphatic hydroxyl groups is 1. The molecule has 0 unspecified atom stereocenters. The molecule has 2 aliphatic rings. The number of allylic oxidation sites excluding steroid dienone is 1. The molecule has 1 aromatic rings. The predicted molar refractivity (Wildman–Crippen MR) is 180 cm³/mol. The van der Waals surface area contributed by atoms with E-state index in [2.05, 4.69) is 47.1 Å². The van der Waals surface area contributed by atoms with Crippen molar-refractivity contribution in [1.29, 1.82) is 0 Å². The first-order valence-electron chi connectivity index (χ1n) is 16.7. The van der Waals surface area contributed by atoms with Gasteiger partial charge in [0.25, 0.3) is 0 Å². The maximum Gasteiger partial charge on any atom is 0.457 e. The van der Waals surface area contributed by atoms with Crippen molar-refractivity contribution in [3.63, 3.8) is 0 Å². The number of hydrogen-bond acceptors (Lipinski definition) is 5. The number of alkyl halides is 1. The Labute approximate surface area is 268 Å². The van der Waals surface area contributed by atoms with E-state index in [4.69, 9.17) is 9.31 Å². The smallest absolute Gasteiger partial charge is 0.408 e. The number of hydrogen-bond donors (Lipinski definition) is 1. The zero-order chi connectivity index (χ0) is 31.0. The fourth-order valence-electron chi connectivity index (χ4n) is 6.33. The summed E-state index contributed by atoms with van der Waals surface area (Å²) in [5.74, 6) is 0.135. The molecular weight excluding hydrogens is 605 g/mol. The zero-order valence-corrected chi connectivity index (χ0v) is 28.2. The summed E-state index contributed by atoms with van der Waals surface area (Å²) in [6.07, 6.45) is 17.0. The van der Waals surface area contributed by atoms with E-state index in [1.165, 1.54) is 4.90 Å². The van der Waals surface area contributed by atoms with Gasteiger partial charge in [0.1, 0.15) is 0 Å². The molecule has 1 aromatic carbocycles. The van der Waals surface area contributed by atoms with E-state index in [1.54, 1.807) is 0 Å². The number of nitrogens with zero attached hydrogens (tertiary/aromatic N) is 1. The van der Waals surface area contributed by atoms with Crippen molar-refractivity contribution in [2.45, 2.75) is 122 Å². The highest BCUT2D eigenvalue weighted by molar-refractivity contribution is 9.09. The second-order valence-corrected chi connectivity index (χ2v) is 12.7. The fraction of sp³-hybridized carbons (Fsp3) is 0.657. The Balaban J connectivity index is 1.64. The van der Waals surface area contributed by atoms with Gasteiger partial charge in [0.05, 0.1) is 18.3 Å². The molecule has 1 heterocycles. The molecule has 43 heavy (non-hydrogen) atoms. The maximum absolute atomic E-state index is 12.8. The van der Waals surface area contributed by atoms with Crippen LogP contribution in [0.15, 0.2) is 48.6 Å². The molecule has 0 radical (unpaired) electrons. The summed E-state index contributed by atoms with van der Waals surface area (Å²) in [6, 6.07) is 10.4. The Kier molecular flexibility index (Phi) is 16.3. The van der Waals surface area contributed by atoms with Crippen LogP contribution in [0, 0.1) is 11.8 Å². The van der Waals surface area contributed by atoms with Crippen LogP contribution in [0.4, 0.5) is 0 Å². The summed E-state index contributed by atoms with van der Waals surface area (Å²) in [7, 11) is -0.183. The van der Waals surface area contributed by atoms with Crippen LogP contribution in [-0.2, 0) is 18.9 Å². The first kappa shape index (κ1) is 35.7. The summed E-state index contributed by atoms with van der Waals surface area (Å²) < 4.78 is 13.1. The topological polar surface area (TPSA) is 76.1 Å². The largest absolute Gasteiger partial charge is 0.457 e. The SMILES string of the molecule is CCCCB1O[C@@H]2C[C@@H](O1)[C@@H](/C(=C\[C@@H](O)CC)c1ccccc1)[C@H]2/C=C/CCCCC(=O)N(CC)C(=O)CCCCCBr. The van der Waals surface area contributed by atoms with Crippen molar-refractivity contribution in [3.8, 4) is 0 Å². The molecule has 6 nitrogen and oxygen atoms in total. The Morgan fingerprint density at radius 2 is 1.70 bits per heavy atom. The summed E-state index contributed by atoms with van der Waals surface area (Å²) >= 11 is 3.42. The molecule has 1 saturated heterocycles. The van der Waals surface area contributed by atoms with Crippen molar-refractivity contribution in [3.05, 3.63) is 54.1 Å². The summed E-state index contributed by atoms with van der Waals surface area (Å²) in [5, 5.41) is 11.6. The number of amides is 2. The van der Waals surface area contributed by atoms with Gasteiger partial charge in [-0.05, 0) is 69.3 Å². The van der Waals surface area contributed by atoms with Crippen LogP contribution in [0.5, 0.6) is 0 Å². The van der Waals surface area contributed by atoms with E-state index in [0.29, 0.717) is 25.8 Å². The van der Waals surface area contributed by atoms with Crippen molar-refractivity contribution in [1.82, 2.24) is 4.90 Å². The number of carbonyl (C=O) groups excluding carboxylic acids is 2. The first-order chi connectivity index (χ1) is 20.9. The highest BCUT2D eigenvalue weighted by Gasteiger charge is 2.51. The van der Waals surface area contributed by atoms with E-state index in [0.717, 1.165) is 80.6 Å². The molecule has 2 amide bonds. The van der Waals surface area contributed by atoms with Gasteiger partial charge in [-0.25, -0.2) is 0 Å². The molecule has 238 valence electrons. The number of halogens is 1. The lowest BCUT2D eigenvalue weighted by atomic mass is 9.79. The summed E-state index contributed by atoms with van der Waals surface area (Å²) in [6.45, 7) is 6.50. The van der Waals surface area contributed by atoms with E-state index in [1.807, 2.05) is 38.1 Å². The number of benzene rings is 1. The molecule has 1 saturated carbocycles. The second kappa shape index (κ2) is 19.6. The predicted octanol–water partition coefficient (Wildman–Crippen LogP) is 8.00. The van der Waals surface area contributed by atoms with Crippen molar-refractivity contribution in [2.24, 2.45) is 11.8 Å². The number of carbonyl (C=O) groups is 2. The normalized spacial score (nSPS) is 22.7. The quantitative estimate of drug-likeness (QED) is 0.0706. The van der Waals surface area contributed by atoms with Gasteiger partial charge in [-0.2, -0.15) is 0 Å². The molecule has 2 bridgehead atoms. The zero-order valence-electron chi connectivity index (χ0n) is 26.6. The monoisotopic (exact) mass is 657 g/mol. The summed E-state index contributed by atoms with van der Waals surface area (Å²) in [5.41, 5.74) is 2.26. The highest BCUT2D eigenvalue weighted by atomic mass is 79.9. The van der Waals surface area contributed by atoms with Gasteiger partial charge in [-0.1, -0.05) is 97.6 Å². The number of rotatable bonds is 19.